The molecule has 2 heterocycles. The summed E-state index contributed by atoms with van der Waals surface area (Å²) in [5.74, 6) is 0.830. The van der Waals surface area contributed by atoms with E-state index in [0.29, 0.717) is 22.7 Å². The van der Waals surface area contributed by atoms with E-state index in [2.05, 4.69) is 22.3 Å². The Kier molecular flexibility index (Phi) is 5.37. The lowest BCUT2D eigenvalue weighted by Crippen LogP contribution is -2.50. The van der Waals surface area contributed by atoms with Gasteiger partial charge >= 0.3 is 0 Å². The molecule has 2 fully saturated rings. The zero-order chi connectivity index (χ0) is 18.8. The monoisotopic (exact) mass is 384 g/mol. The number of amides is 1. The molecule has 0 aromatic heterocycles. The smallest absolute Gasteiger partial charge is 0.253 e. The average Bonchev–Trinajstić information content (AvgIpc) is 2.91. The molecule has 0 saturated carbocycles. The highest BCUT2D eigenvalue weighted by atomic mass is 35.5. The second kappa shape index (κ2) is 7.91. The van der Waals surface area contributed by atoms with Gasteiger partial charge in [-0.3, -0.25) is 9.69 Å². The van der Waals surface area contributed by atoms with Crippen molar-refractivity contribution in [1.29, 1.82) is 0 Å². The van der Waals surface area contributed by atoms with E-state index in [4.69, 9.17) is 16.3 Å². The third kappa shape index (κ3) is 3.97. The number of fused-ring (bicyclic) bond motifs is 2. The summed E-state index contributed by atoms with van der Waals surface area (Å²) in [5.41, 5.74) is 1.87. The van der Waals surface area contributed by atoms with Crippen LogP contribution in [0.1, 0.15) is 41.6 Å². The van der Waals surface area contributed by atoms with Gasteiger partial charge in [0.25, 0.3) is 5.91 Å². The van der Waals surface area contributed by atoms with E-state index >= 15 is 0 Å². The van der Waals surface area contributed by atoms with E-state index in [-0.39, 0.29) is 11.9 Å². The first-order chi connectivity index (χ1) is 13.1. The predicted molar refractivity (Wildman–Crippen MR) is 107 cm³/mol. The zero-order valence-corrected chi connectivity index (χ0v) is 16.3. The zero-order valence-electron chi connectivity index (χ0n) is 15.5. The predicted octanol–water partition coefficient (Wildman–Crippen LogP) is 4.27. The number of nitrogens with one attached hydrogen (secondary N) is 1. The van der Waals surface area contributed by atoms with Gasteiger partial charge < -0.3 is 10.1 Å². The molecule has 2 aliphatic rings. The third-order valence-electron chi connectivity index (χ3n) is 5.86. The Labute approximate surface area is 165 Å². The van der Waals surface area contributed by atoms with Crippen molar-refractivity contribution < 1.29 is 9.53 Å². The number of rotatable bonds is 5. The molecule has 2 saturated heterocycles. The number of piperidine rings is 1. The van der Waals surface area contributed by atoms with Gasteiger partial charge in [-0.1, -0.05) is 35.9 Å². The number of methoxy groups -OCH3 is 1. The number of benzene rings is 2. The maximum atomic E-state index is 12.6. The van der Waals surface area contributed by atoms with Gasteiger partial charge in [0.1, 0.15) is 5.75 Å². The molecule has 2 aromatic rings. The van der Waals surface area contributed by atoms with Crippen LogP contribution in [-0.4, -0.2) is 36.0 Å². The fourth-order valence-corrected chi connectivity index (χ4v) is 4.72. The van der Waals surface area contributed by atoms with Crippen LogP contribution in [0.2, 0.25) is 5.02 Å². The molecule has 2 bridgehead atoms. The van der Waals surface area contributed by atoms with E-state index in [1.54, 1.807) is 19.2 Å². The molecule has 4 nitrogen and oxygen atoms in total. The van der Waals surface area contributed by atoms with Crippen LogP contribution in [0.5, 0.6) is 5.75 Å². The Morgan fingerprint density at radius 2 is 1.78 bits per heavy atom. The molecular weight excluding hydrogens is 360 g/mol. The van der Waals surface area contributed by atoms with Crippen molar-refractivity contribution in [1.82, 2.24) is 10.2 Å². The Balaban J connectivity index is 1.38. The molecule has 2 aliphatic heterocycles. The van der Waals surface area contributed by atoms with Crippen molar-refractivity contribution in [3.05, 3.63) is 64.7 Å². The summed E-state index contributed by atoms with van der Waals surface area (Å²) in [6.45, 7) is 0.963. The lowest BCUT2D eigenvalue weighted by Gasteiger charge is -2.39. The maximum absolute atomic E-state index is 12.6. The SMILES string of the molecule is COc1ccc(CN2[C@@H]3CC[C@@H]2CC(NC(=O)c2ccccc2Cl)C3)cc1. The van der Waals surface area contributed by atoms with Gasteiger partial charge in [-0.05, 0) is 55.5 Å². The van der Waals surface area contributed by atoms with Gasteiger partial charge in [0, 0.05) is 24.7 Å². The summed E-state index contributed by atoms with van der Waals surface area (Å²) in [6.07, 6.45) is 4.42. The fraction of sp³-hybridized carbons (Fsp3) is 0.409. The number of carbonyl (C=O) groups excluding carboxylic acids is 1. The molecule has 1 N–H and O–H groups in total. The fourth-order valence-electron chi connectivity index (χ4n) is 4.50. The van der Waals surface area contributed by atoms with Crippen molar-refractivity contribution in [2.75, 3.05) is 7.11 Å². The number of halogens is 1. The number of ether oxygens (including phenoxy) is 1. The van der Waals surface area contributed by atoms with E-state index < -0.39 is 0 Å². The molecule has 5 heteroatoms. The highest BCUT2D eigenvalue weighted by molar-refractivity contribution is 6.33. The van der Waals surface area contributed by atoms with E-state index in [0.717, 1.165) is 25.1 Å². The minimum atomic E-state index is -0.0615. The van der Waals surface area contributed by atoms with Crippen LogP contribution in [0.3, 0.4) is 0 Å². The van der Waals surface area contributed by atoms with Crippen molar-refractivity contribution >= 4 is 17.5 Å². The first-order valence-corrected chi connectivity index (χ1v) is 9.96. The van der Waals surface area contributed by atoms with Crippen LogP contribution < -0.4 is 10.1 Å². The topological polar surface area (TPSA) is 41.6 Å². The van der Waals surface area contributed by atoms with Crippen molar-refractivity contribution in [3.63, 3.8) is 0 Å². The number of hydrogen-bond donors (Lipinski definition) is 1. The summed E-state index contributed by atoms with van der Waals surface area (Å²) < 4.78 is 5.25. The lowest BCUT2D eigenvalue weighted by molar-refractivity contribution is 0.0828. The molecule has 0 radical (unpaired) electrons. The summed E-state index contributed by atoms with van der Waals surface area (Å²) in [4.78, 5) is 15.2. The minimum Gasteiger partial charge on any atom is -0.497 e. The Hall–Kier alpha value is -2.04. The van der Waals surface area contributed by atoms with Gasteiger partial charge in [-0.2, -0.15) is 0 Å². The van der Waals surface area contributed by atoms with E-state index in [9.17, 15) is 4.79 Å². The van der Waals surface area contributed by atoms with Gasteiger partial charge in [0.15, 0.2) is 0 Å². The van der Waals surface area contributed by atoms with Gasteiger partial charge in [0.05, 0.1) is 17.7 Å². The number of hydrogen-bond acceptors (Lipinski definition) is 3. The second-order valence-corrected chi connectivity index (χ2v) is 7.93. The molecule has 4 rings (SSSR count). The lowest BCUT2D eigenvalue weighted by atomic mass is 9.96. The summed E-state index contributed by atoms with van der Waals surface area (Å²) >= 11 is 6.16. The molecule has 0 aliphatic carbocycles. The van der Waals surface area contributed by atoms with Crippen molar-refractivity contribution in [3.8, 4) is 5.75 Å². The maximum Gasteiger partial charge on any atom is 0.253 e. The minimum absolute atomic E-state index is 0.0615. The normalized spacial score (nSPS) is 24.6. The third-order valence-corrected chi connectivity index (χ3v) is 6.19. The Morgan fingerprint density at radius 1 is 1.11 bits per heavy atom. The largest absolute Gasteiger partial charge is 0.497 e. The van der Waals surface area contributed by atoms with Crippen LogP contribution in [0.4, 0.5) is 0 Å². The molecule has 27 heavy (non-hydrogen) atoms. The van der Waals surface area contributed by atoms with E-state index in [1.807, 2.05) is 24.3 Å². The van der Waals surface area contributed by atoms with Crippen LogP contribution in [0.15, 0.2) is 48.5 Å². The Morgan fingerprint density at radius 3 is 2.41 bits per heavy atom. The van der Waals surface area contributed by atoms with Crippen LogP contribution in [0.25, 0.3) is 0 Å². The first kappa shape index (κ1) is 18.3. The molecule has 142 valence electrons. The van der Waals surface area contributed by atoms with Crippen LogP contribution in [0, 0.1) is 0 Å². The standard InChI is InChI=1S/C22H25ClN2O2/c1-27-19-10-6-15(7-11-19)14-25-17-8-9-18(25)13-16(12-17)24-22(26)20-4-2-3-5-21(20)23/h2-7,10-11,16-18H,8-9,12-14H2,1H3,(H,24,26)/t17-,18-/m1/s1. The van der Waals surface area contributed by atoms with Gasteiger partial charge in [0.2, 0.25) is 0 Å². The molecule has 2 atom stereocenters. The second-order valence-electron chi connectivity index (χ2n) is 7.53. The van der Waals surface area contributed by atoms with Gasteiger partial charge in [-0.15, -0.1) is 0 Å². The van der Waals surface area contributed by atoms with E-state index in [1.165, 1.54) is 18.4 Å². The number of nitrogens with zero attached hydrogens (tertiary/aromatic N) is 1. The molecule has 2 aromatic carbocycles. The van der Waals surface area contributed by atoms with Crippen molar-refractivity contribution in [2.45, 2.75) is 50.4 Å². The van der Waals surface area contributed by atoms with Crippen molar-refractivity contribution in [2.24, 2.45) is 0 Å². The summed E-state index contributed by atoms with van der Waals surface area (Å²) in [5, 5.41) is 3.72. The molecule has 0 spiro atoms. The highest BCUT2D eigenvalue weighted by Crippen LogP contribution is 2.37. The van der Waals surface area contributed by atoms with Gasteiger partial charge in [-0.25, -0.2) is 0 Å². The van der Waals surface area contributed by atoms with Crippen LogP contribution in [-0.2, 0) is 6.54 Å². The quantitative estimate of drug-likeness (QED) is 0.836. The highest BCUT2D eigenvalue weighted by Gasteiger charge is 2.41. The number of carbonyl (C=O) groups is 1. The molecule has 0 unspecified atom stereocenters. The molecule has 1 amide bonds. The average molecular weight is 385 g/mol. The molecular formula is C22H25ClN2O2. The van der Waals surface area contributed by atoms with Crippen LogP contribution >= 0.6 is 11.6 Å². The summed E-state index contributed by atoms with van der Waals surface area (Å²) in [6, 6.07) is 16.8. The summed E-state index contributed by atoms with van der Waals surface area (Å²) in [7, 11) is 1.69. The Bertz CT molecular complexity index is 794. The first-order valence-electron chi connectivity index (χ1n) is 9.58.